The number of ether oxygens (including phenoxy) is 2. The van der Waals surface area contributed by atoms with Gasteiger partial charge in [0.1, 0.15) is 5.82 Å². The summed E-state index contributed by atoms with van der Waals surface area (Å²) in [5.41, 5.74) is 1.21. The van der Waals surface area contributed by atoms with Crippen LogP contribution in [0, 0.1) is 0 Å². The maximum atomic E-state index is 10.0. The molecular formula is C15H21N3O3. The van der Waals surface area contributed by atoms with E-state index in [1.165, 1.54) is 5.56 Å². The van der Waals surface area contributed by atoms with E-state index in [0.717, 1.165) is 31.9 Å². The van der Waals surface area contributed by atoms with Crippen LogP contribution in [-0.4, -0.2) is 66.3 Å². The Morgan fingerprint density at radius 3 is 3.00 bits per heavy atom. The molecule has 0 aliphatic carbocycles. The van der Waals surface area contributed by atoms with E-state index in [9.17, 15) is 5.11 Å². The zero-order valence-electron chi connectivity index (χ0n) is 12.0. The number of aliphatic hydroxyl groups excluding tert-OH is 1. The summed E-state index contributed by atoms with van der Waals surface area (Å²) < 4.78 is 11.1. The lowest BCUT2D eigenvalue weighted by Crippen LogP contribution is -2.40. The topological polar surface area (TPSA) is 58.1 Å². The number of rotatable bonds is 2. The maximum absolute atomic E-state index is 10.0. The van der Waals surface area contributed by atoms with Gasteiger partial charge in [0, 0.05) is 44.0 Å². The van der Waals surface area contributed by atoms with Gasteiger partial charge in [-0.1, -0.05) is 6.07 Å². The zero-order valence-corrected chi connectivity index (χ0v) is 12.0. The summed E-state index contributed by atoms with van der Waals surface area (Å²) in [6.07, 6.45) is 2.25. The Balaban J connectivity index is 1.58. The van der Waals surface area contributed by atoms with Gasteiger partial charge in [0.25, 0.3) is 0 Å². The summed E-state index contributed by atoms with van der Waals surface area (Å²) >= 11 is 0. The van der Waals surface area contributed by atoms with Crippen LogP contribution in [0.15, 0.2) is 18.3 Å². The van der Waals surface area contributed by atoms with E-state index in [4.69, 9.17) is 9.47 Å². The van der Waals surface area contributed by atoms with Crippen molar-refractivity contribution in [1.29, 1.82) is 0 Å². The number of hydrogen-bond acceptors (Lipinski definition) is 6. The van der Waals surface area contributed by atoms with E-state index in [1.807, 2.05) is 12.3 Å². The van der Waals surface area contributed by atoms with E-state index in [2.05, 4.69) is 20.9 Å². The second-order valence-corrected chi connectivity index (χ2v) is 6.05. The normalized spacial score (nSPS) is 30.2. The highest BCUT2D eigenvalue weighted by molar-refractivity contribution is 5.50. The van der Waals surface area contributed by atoms with Crippen molar-refractivity contribution in [2.24, 2.45) is 0 Å². The van der Waals surface area contributed by atoms with Crippen molar-refractivity contribution in [1.82, 2.24) is 9.88 Å². The van der Waals surface area contributed by atoms with Gasteiger partial charge in [0.05, 0.1) is 19.3 Å². The molecule has 0 radical (unpaired) electrons. The van der Waals surface area contributed by atoms with Crippen molar-refractivity contribution in [3.63, 3.8) is 0 Å². The predicted octanol–water partition coefficient (Wildman–Crippen LogP) is 0.210. The largest absolute Gasteiger partial charge is 0.391 e. The van der Waals surface area contributed by atoms with Crippen molar-refractivity contribution in [2.45, 2.75) is 31.4 Å². The molecule has 0 spiro atoms. The van der Waals surface area contributed by atoms with Gasteiger partial charge < -0.3 is 19.5 Å². The van der Waals surface area contributed by atoms with Crippen molar-refractivity contribution in [3.05, 3.63) is 23.9 Å². The van der Waals surface area contributed by atoms with E-state index in [-0.39, 0.29) is 12.4 Å². The third-order valence-electron chi connectivity index (χ3n) is 4.49. The van der Waals surface area contributed by atoms with Crippen LogP contribution in [0.5, 0.6) is 0 Å². The Labute approximate surface area is 124 Å². The average Bonchev–Trinajstić information content (AvgIpc) is 3.07. The average molecular weight is 291 g/mol. The fraction of sp³-hybridized carbons (Fsp3) is 0.667. The molecule has 1 aromatic heterocycles. The van der Waals surface area contributed by atoms with Crippen molar-refractivity contribution in [2.75, 3.05) is 37.7 Å². The molecule has 3 aliphatic heterocycles. The van der Waals surface area contributed by atoms with E-state index in [1.54, 1.807) is 0 Å². The third kappa shape index (κ3) is 2.64. The van der Waals surface area contributed by atoms with Crippen LogP contribution in [-0.2, 0) is 16.0 Å². The van der Waals surface area contributed by atoms with Crippen LogP contribution in [0.25, 0.3) is 0 Å². The lowest BCUT2D eigenvalue weighted by atomic mass is 10.2. The third-order valence-corrected chi connectivity index (χ3v) is 4.49. The first-order chi connectivity index (χ1) is 10.3. The second kappa shape index (κ2) is 5.53. The molecule has 0 unspecified atom stereocenters. The Hall–Kier alpha value is -1.21. The van der Waals surface area contributed by atoms with Gasteiger partial charge >= 0.3 is 0 Å². The Morgan fingerprint density at radius 1 is 1.29 bits per heavy atom. The SMILES string of the molecule is O[C@@H]1C[C@@H]2CN(CC3OCCO3)Cc3cccnc3N2C1. The van der Waals surface area contributed by atoms with Crippen molar-refractivity contribution >= 4 is 5.82 Å². The quantitative estimate of drug-likeness (QED) is 0.840. The Morgan fingerprint density at radius 2 is 2.14 bits per heavy atom. The van der Waals surface area contributed by atoms with Crippen LogP contribution in [0.4, 0.5) is 5.82 Å². The van der Waals surface area contributed by atoms with Gasteiger partial charge in [0.2, 0.25) is 0 Å². The monoisotopic (exact) mass is 291 g/mol. The van der Waals surface area contributed by atoms with Crippen LogP contribution < -0.4 is 4.90 Å². The second-order valence-electron chi connectivity index (χ2n) is 6.05. The highest BCUT2D eigenvalue weighted by Gasteiger charge is 2.37. The molecule has 0 bridgehead atoms. The van der Waals surface area contributed by atoms with Crippen LogP contribution in [0.1, 0.15) is 12.0 Å². The Kier molecular flexibility index (Phi) is 3.54. The Bertz CT molecular complexity index is 507. The van der Waals surface area contributed by atoms with Gasteiger partial charge in [-0.3, -0.25) is 4.90 Å². The molecule has 2 fully saturated rings. The molecule has 2 atom stereocenters. The molecule has 21 heavy (non-hydrogen) atoms. The standard InChI is InChI=1S/C15H21N3O3/c19-13-6-12-8-17(10-14-20-4-5-21-14)7-11-2-1-3-16-15(11)18(12)9-13/h1-3,12-14,19H,4-10H2/t12-,13-/m1/s1. The first kappa shape index (κ1) is 13.5. The van der Waals surface area contributed by atoms with Gasteiger partial charge in [-0.05, 0) is 12.5 Å². The van der Waals surface area contributed by atoms with E-state index < -0.39 is 0 Å². The fourth-order valence-corrected chi connectivity index (χ4v) is 3.60. The molecule has 0 saturated carbocycles. The number of nitrogens with zero attached hydrogens (tertiary/aromatic N) is 3. The molecule has 1 N–H and O–H groups in total. The molecule has 4 heterocycles. The minimum absolute atomic E-state index is 0.122. The number of aliphatic hydroxyl groups is 1. The molecular weight excluding hydrogens is 270 g/mol. The highest BCUT2D eigenvalue weighted by Crippen LogP contribution is 2.31. The van der Waals surface area contributed by atoms with Crippen LogP contribution >= 0.6 is 0 Å². The minimum atomic E-state index is -0.260. The molecule has 1 aromatic rings. The molecule has 114 valence electrons. The van der Waals surface area contributed by atoms with Crippen LogP contribution in [0.3, 0.4) is 0 Å². The summed E-state index contributed by atoms with van der Waals surface area (Å²) in [6, 6.07) is 4.42. The van der Waals surface area contributed by atoms with Gasteiger partial charge in [-0.25, -0.2) is 4.98 Å². The summed E-state index contributed by atoms with van der Waals surface area (Å²) in [4.78, 5) is 9.17. The summed E-state index contributed by atoms with van der Waals surface area (Å²) in [7, 11) is 0. The molecule has 2 saturated heterocycles. The first-order valence-electron chi connectivity index (χ1n) is 7.64. The van der Waals surface area contributed by atoms with Crippen molar-refractivity contribution in [3.8, 4) is 0 Å². The maximum Gasteiger partial charge on any atom is 0.170 e. The first-order valence-corrected chi connectivity index (χ1v) is 7.64. The number of hydrogen-bond donors (Lipinski definition) is 1. The summed E-state index contributed by atoms with van der Waals surface area (Å²) in [5.74, 6) is 1.02. The van der Waals surface area contributed by atoms with Gasteiger partial charge in [-0.15, -0.1) is 0 Å². The lowest BCUT2D eigenvalue weighted by Gasteiger charge is -2.27. The summed E-state index contributed by atoms with van der Waals surface area (Å²) in [5, 5.41) is 10.0. The molecule has 0 amide bonds. The number of aromatic nitrogens is 1. The number of fused-ring (bicyclic) bond motifs is 3. The van der Waals surface area contributed by atoms with E-state index in [0.29, 0.717) is 25.8 Å². The number of pyridine rings is 1. The molecule has 0 aromatic carbocycles. The minimum Gasteiger partial charge on any atom is -0.391 e. The molecule has 6 nitrogen and oxygen atoms in total. The summed E-state index contributed by atoms with van der Waals surface area (Å²) in [6.45, 7) is 4.59. The molecule has 3 aliphatic rings. The number of anilines is 1. The lowest BCUT2D eigenvalue weighted by molar-refractivity contribution is -0.0636. The van der Waals surface area contributed by atoms with Gasteiger partial charge in [-0.2, -0.15) is 0 Å². The van der Waals surface area contributed by atoms with Gasteiger partial charge in [0.15, 0.2) is 6.29 Å². The van der Waals surface area contributed by atoms with E-state index >= 15 is 0 Å². The smallest absolute Gasteiger partial charge is 0.170 e. The predicted molar refractivity (Wildman–Crippen MR) is 77.0 cm³/mol. The van der Waals surface area contributed by atoms with Crippen molar-refractivity contribution < 1.29 is 14.6 Å². The zero-order chi connectivity index (χ0) is 14.2. The molecule has 4 rings (SSSR count). The molecule has 6 heteroatoms. The van der Waals surface area contributed by atoms with Crippen LogP contribution in [0.2, 0.25) is 0 Å². The highest BCUT2D eigenvalue weighted by atomic mass is 16.7. The fourth-order valence-electron chi connectivity index (χ4n) is 3.60.